The van der Waals surface area contributed by atoms with Gasteiger partial charge in [-0.25, -0.2) is 0 Å². The van der Waals surface area contributed by atoms with Gasteiger partial charge in [0.1, 0.15) is 17.9 Å². The van der Waals surface area contributed by atoms with E-state index in [1.807, 2.05) is 30.3 Å². The van der Waals surface area contributed by atoms with Crippen LogP contribution >= 0.6 is 0 Å². The van der Waals surface area contributed by atoms with Crippen molar-refractivity contribution in [1.29, 1.82) is 0 Å². The number of benzene rings is 1. The summed E-state index contributed by atoms with van der Waals surface area (Å²) in [7, 11) is 0. The van der Waals surface area contributed by atoms with Crippen molar-refractivity contribution in [3.8, 4) is 5.75 Å². The van der Waals surface area contributed by atoms with Gasteiger partial charge in [0.05, 0.1) is 12.6 Å². The van der Waals surface area contributed by atoms with E-state index in [4.69, 9.17) is 15.6 Å². The number of ether oxygens (including phenoxy) is 1. The second-order valence-electron chi connectivity index (χ2n) is 3.58. The lowest BCUT2D eigenvalue weighted by molar-refractivity contribution is 0.207. The Bertz CT molecular complexity index is 468. The van der Waals surface area contributed by atoms with Gasteiger partial charge in [-0.15, -0.1) is 0 Å². The molecular formula is C12H14N2O2. The second kappa shape index (κ2) is 4.92. The second-order valence-corrected chi connectivity index (χ2v) is 3.58. The zero-order chi connectivity index (χ0) is 11.4. The number of aliphatic hydroxyl groups excluding tert-OH is 1. The van der Waals surface area contributed by atoms with E-state index in [1.165, 1.54) is 0 Å². The molecule has 84 valence electrons. The first-order valence-electron chi connectivity index (χ1n) is 5.14. The fourth-order valence-corrected chi connectivity index (χ4v) is 1.44. The monoisotopic (exact) mass is 218 g/mol. The van der Waals surface area contributed by atoms with Gasteiger partial charge in [0.15, 0.2) is 0 Å². The van der Waals surface area contributed by atoms with Gasteiger partial charge in [-0.2, -0.15) is 0 Å². The number of nitrogens with two attached hydrogens (primary N) is 1. The molecule has 0 aliphatic heterocycles. The van der Waals surface area contributed by atoms with Crippen molar-refractivity contribution in [2.24, 2.45) is 5.73 Å². The van der Waals surface area contributed by atoms with Crippen LogP contribution in [-0.4, -0.2) is 29.3 Å². The standard InChI is InChI=1S/C12H14N2O2/c13-10(7-15)8-16-11-5-1-3-9-4-2-6-14-12(9)11/h1-6,10,15H,7-8,13H2. The highest BCUT2D eigenvalue weighted by Gasteiger charge is 2.05. The Kier molecular flexibility index (Phi) is 3.34. The van der Waals surface area contributed by atoms with E-state index in [0.29, 0.717) is 5.75 Å². The normalized spacial score (nSPS) is 12.6. The molecule has 3 N–H and O–H groups in total. The minimum Gasteiger partial charge on any atom is -0.490 e. The highest BCUT2D eigenvalue weighted by atomic mass is 16.5. The van der Waals surface area contributed by atoms with Gasteiger partial charge < -0.3 is 15.6 Å². The summed E-state index contributed by atoms with van der Waals surface area (Å²) in [6.45, 7) is 0.199. The molecular weight excluding hydrogens is 204 g/mol. The number of fused-ring (bicyclic) bond motifs is 1. The van der Waals surface area contributed by atoms with Crippen LogP contribution in [0.3, 0.4) is 0 Å². The predicted molar refractivity (Wildman–Crippen MR) is 62.3 cm³/mol. The molecule has 1 unspecified atom stereocenters. The number of rotatable bonds is 4. The van der Waals surface area contributed by atoms with Crippen molar-refractivity contribution in [2.75, 3.05) is 13.2 Å². The Morgan fingerprint density at radius 2 is 2.12 bits per heavy atom. The van der Waals surface area contributed by atoms with Gasteiger partial charge >= 0.3 is 0 Å². The average molecular weight is 218 g/mol. The lowest BCUT2D eigenvalue weighted by Gasteiger charge is -2.11. The van der Waals surface area contributed by atoms with Gasteiger partial charge in [-0.1, -0.05) is 18.2 Å². The topological polar surface area (TPSA) is 68.4 Å². The van der Waals surface area contributed by atoms with Crippen molar-refractivity contribution in [2.45, 2.75) is 6.04 Å². The first kappa shape index (κ1) is 10.9. The molecule has 2 aromatic rings. The van der Waals surface area contributed by atoms with Crippen LogP contribution in [0.25, 0.3) is 10.9 Å². The van der Waals surface area contributed by atoms with E-state index in [-0.39, 0.29) is 19.3 Å². The Balaban J connectivity index is 2.23. The summed E-state index contributed by atoms with van der Waals surface area (Å²) in [6, 6.07) is 9.22. The first-order valence-corrected chi connectivity index (χ1v) is 5.14. The summed E-state index contributed by atoms with van der Waals surface area (Å²) in [6.07, 6.45) is 1.72. The lowest BCUT2D eigenvalue weighted by atomic mass is 10.2. The molecule has 0 radical (unpaired) electrons. The lowest BCUT2D eigenvalue weighted by Crippen LogP contribution is -2.31. The Labute approximate surface area is 93.7 Å². The van der Waals surface area contributed by atoms with Crippen LogP contribution in [-0.2, 0) is 0 Å². The minimum atomic E-state index is -0.362. The highest BCUT2D eigenvalue weighted by molar-refractivity contribution is 5.84. The molecule has 4 nitrogen and oxygen atoms in total. The number of nitrogens with zero attached hydrogens (tertiary/aromatic N) is 1. The van der Waals surface area contributed by atoms with Crippen LogP contribution in [0.5, 0.6) is 5.75 Å². The number of pyridine rings is 1. The predicted octanol–water partition coefficient (Wildman–Crippen LogP) is 0.933. The van der Waals surface area contributed by atoms with E-state index >= 15 is 0 Å². The summed E-state index contributed by atoms with van der Waals surface area (Å²) in [4.78, 5) is 4.26. The maximum Gasteiger partial charge on any atom is 0.145 e. The molecule has 0 aliphatic carbocycles. The van der Waals surface area contributed by atoms with Gasteiger partial charge in [-0.3, -0.25) is 4.98 Å². The van der Waals surface area contributed by atoms with Crippen LogP contribution in [0.1, 0.15) is 0 Å². The van der Waals surface area contributed by atoms with Crippen molar-refractivity contribution in [3.63, 3.8) is 0 Å². The van der Waals surface area contributed by atoms with Crippen LogP contribution < -0.4 is 10.5 Å². The molecule has 2 rings (SSSR count). The minimum absolute atomic E-state index is 0.0851. The zero-order valence-electron chi connectivity index (χ0n) is 8.84. The van der Waals surface area contributed by atoms with Crippen LogP contribution in [0, 0.1) is 0 Å². The van der Waals surface area contributed by atoms with Gasteiger partial charge in [0.2, 0.25) is 0 Å². The number of hydrogen-bond donors (Lipinski definition) is 2. The maximum atomic E-state index is 8.81. The van der Waals surface area contributed by atoms with E-state index in [1.54, 1.807) is 6.20 Å². The van der Waals surface area contributed by atoms with E-state index in [9.17, 15) is 0 Å². The molecule has 0 aliphatic rings. The SMILES string of the molecule is NC(CO)COc1cccc2cccnc12. The quantitative estimate of drug-likeness (QED) is 0.801. The summed E-state index contributed by atoms with van der Waals surface area (Å²) in [5.74, 6) is 0.696. The summed E-state index contributed by atoms with van der Waals surface area (Å²) < 4.78 is 5.52. The highest BCUT2D eigenvalue weighted by Crippen LogP contribution is 2.22. The number of aromatic nitrogens is 1. The van der Waals surface area contributed by atoms with E-state index in [2.05, 4.69) is 4.98 Å². The van der Waals surface area contributed by atoms with Crippen molar-refractivity contribution in [3.05, 3.63) is 36.5 Å². The molecule has 0 saturated carbocycles. The summed E-state index contributed by atoms with van der Waals surface area (Å²) in [5, 5.41) is 9.83. The van der Waals surface area contributed by atoms with Crippen LogP contribution in [0.15, 0.2) is 36.5 Å². The summed E-state index contributed by atoms with van der Waals surface area (Å²) >= 11 is 0. The maximum absolute atomic E-state index is 8.81. The Morgan fingerprint density at radius 1 is 1.31 bits per heavy atom. The number of hydrogen-bond acceptors (Lipinski definition) is 4. The summed E-state index contributed by atoms with van der Waals surface area (Å²) in [5.41, 5.74) is 6.38. The van der Waals surface area contributed by atoms with Crippen molar-refractivity contribution < 1.29 is 9.84 Å². The molecule has 4 heteroatoms. The fourth-order valence-electron chi connectivity index (χ4n) is 1.44. The molecule has 1 aromatic carbocycles. The smallest absolute Gasteiger partial charge is 0.145 e. The van der Waals surface area contributed by atoms with Crippen molar-refractivity contribution >= 4 is 10.9 Å². The van der Waals surface area contributed by atoms with Gasteiger partial charge in [-0.05, 0) is 12.1 Å². The molecule has 1 aromatic heterocycles. The first-order chi connectivity index (χ1) is 7.81. The molecule has 0 saturated heterocycles. The third kappa shape index (κ3) is 2.29. The fraction of sp³-hybridized carbons (Fsp3) is 0.250. The zero-order valence-corrected chi connectivity index (χ0v) is 8.84. The van der Waals surface area contributed by atoms with Gasteiger partial charge in [0.25, 0.3) is 0 Å². The van der Waals surface area contributed by atoms with Crippen LogP contribution in [0.4, 0.5) is 0 Å². The third-order valence-corrected chi connectivity index (χ3v) is 2.28. The molecule has 0 fully saturated rings. The average Bonchev–Trinajstić information content (AvgIpc) is 2.35. The Morgan fingerprint density at radius 3 is 2.94 bits per heavy atom. The molecule has 16 heavy (non-hydrogen) atoms. The number of aliphatic hydroxyl groups is 1. The molecule has 0 amide bonds. The molecule has 1 atom stereocenters. The molecule has 0 spiro atoms. The third-order valence-electron chi connectivity index (χ3n) is 2.28. The van der Waals surface area contributed by atoms with Crippen molar-refractivity contribution in [1.82, 2.24) is 4.98 Å². The Hall–Kier alpha value is -1.65. The largest absolute Gasteiger partial charge is 0.490 e. The molecule has 1 heterocycles. The molecule has 0 bridgehead atoms. The van der Waals surface area contributed by atoms with Crippen LogP contribution in [0.2, 0.25) is 0 Å². The number of para-hydroxylation sites is 1. The van der Waals surface area contributed by atoms with E-state index < -0.39 is 0 Å². The van der Waals surface area contributed by atoms with E-state index in [0.717, 1.165) is 10.9 Å². The van der Waals surface area contributed by atoms with Gasteiger partial charge in [0, 0.05) is 11.6 Å².